The van der Waals surface area contributed by atoms with E-state index in [0.717, 1.165) is 42.6 Å². The number of aromatic nitrogens is 1. The zero-order valence-electron chi connectivity index (χ0n) is 14.9. The summed E-state index contributed by atoms with van der Waals surface area (Å²) >= 11 is 3.11. The molecule has 1 saturated carbocycles. The molecule has 0 aliphatic heterocycles. The van der Waals surface area contributed by atoms with E-state index in [1.54, 1.807) is 17.4 Å². The molecule has 4 rings (SSSR count). The van der Waals surface area contributed by atoms with Crippen LogP contribution in [-0.4, -0.2) is 22.8 Å². The second-order valence-electron chi connectivity index (χ2n) is 6.74. The molecule has 0 saturated heterocycles. The van der Waals surface area contributed by atoms with Crippen LogP contribution in [0.2, 0.25) is 0 Å². The fourth-order valence-electron chi connectivity index (χ4n) is 2.85. The number of thiazole rings is 1. The van der Waals surface area contributed by atoms with Gasteiger partial charge in [-0.1, -0.05) is 12.1 Å². The van der Waals surface area contributed by atoms with Crippen molar-refractivity contribution in [1.82, 2.24) is 10.3 Å². The molecule has 2 aromatic heterocycles. The Morgan fingerprint density at radius 2 is 2.00 bits per heavy atom. The van der Waals surface area contributed by atoms with Crippen molar-refractivity contribution in [1.29, 1.82) is 0 Å². The molecule has 0 radical (unpaired) electrons. The molecule has 2 amide bonds. The number of anilines is 1. The van der Waals surface area contributed by atoms with Gasteiger partial charge in [-0.3, -0.25) is 9.59 Å². The van der Waals surface area contributed by atoms with Crippen LogP contribution in [0.5, 0.6) is 0 Å². The molecule has 2 N–H and O–H groups in total. The Labute approximate surface area is 165 Å². The Balaban J connectivity index is 1.23. The minimum absolute atomic E-state index is 0.0396. The maximum atomic E-state index is 12.2. The van der Waals surface area contributed by atoms with Crippen molar-refractivity contribution in [2.45, 2.75) is 44.6 Å². The maximum Gasteiger partial charge on any atom is 0.254 e. The predicted molar refractivity (Wildman–Crippen MR) is 111 cm³/mol. The number of hydrogen-bond acceptors (Lipinski definition) is 5. The third-order valence-electron chi connectivity index (χ3n) is 4.46. The molecule has 0 bridgehead atoms. The monoisotopic (exact) mass is 399 g/mol. The minimum atomic E-state index is -0.0927. The Bertz CT molecular complexity index is 926. The average molecular weight is 400 g/mol. The molecule has 0 spiro atoms. The van der Waals surface area contributed by atoms with Crippen molar-refractivity contribution in [3.63, 3.8) is 0 Å². The van der Waals surface area contributed by atoms with E-state index < -0.39 is 0 Å². The van der Waals surface area contributed by atoms with Crippen LogP contribution < -0.4 is 10.6 Å². The Morgan fingerprint density at radius 1 is 1.15 bits per heavy atom. The summed E-state index contributed by atoms with van der Waals surface area (Å²) in [6, 6.07) is 10.2. The van der Waals surface area contributed by atoms with Crippen LogP contribution in [-0.2, 0) is 11.2 Å². The average Bonchev–Trinajstić information content (AvgIpc) is 3.18. The first-order chi connectivity index (χ1) is 13.2. The molecule has 5 nitrogen and oxygen atoms in total. The second kappa shape index (κ2) is 8.19. The zero-order chi connectivity index (χ0) is 18.6. The van der Waals surface area contributed by atoms with E-state index in [-0.39, 0.29) is 11.8 Å². The molecule has 1 aliphatic carbocycles. The van der Waals surface area contributed by atoms with Gasteiger partial charge in [-0.05, 0) is 55.7 Å². The summed E-state index contributed by atoms with van der Waals surface area (Å²) in [5.74, 6) is -0.132. The maximum absolute atomic E-state index is 12.2. The highest BCUT2D eigenvalue weighted by Crippen LogP contribution is 2.26. The van der Waals surface area contributed by atoms with Gasteiger partial charge in [-0.15, -0.1) is 22.7 Å². The number of aryl methyl sites for hydroxylation is 1. The highest BCUT2D eigenvalue weighted by Gasteiger charge is 2.25. The van der Waals surface area contributed by atoms with E-state index in [2.05, 4.69) is 21.7 Å². The molecule has 2 heterocycles. The molecular formula is C20H21N3O2S2. The highest BCUT2D eigenvalue weighted by atomic mass is 32.1. The number of rotatable bonds is 8. The minimum Gasteiger partial charge on any atom is -0.349 e. The third-order valence-corrected chi connectivity index (χ3v) is 6.38. The van der Waals surface area contributed by atoms with Crippen molar-refractivity contribution in [2.75, 3.05) is 5.32 Å². The van der Waals surface area contributed by atoms with E-state index in [9.17, 15) is 9.59 Å². The lowest BCUT2D eigenvalue weighted by Crippen LogP contribution is -2.26. The lowest BCUT2D eigenvalue weighted by Gasteiger charge is -2.07. The van der Waals surface area contributed by atoms with Gasteiger partial charge in [0.15, 0.2) is 0 Å². The number of nitrogens with zero attached hydrogens (tertiary/aromatic N) is 1. The van der Waals surface area contributed by atoms with Crippen LogP contribution in [0.3, 0.4) is 0 Å². The lowest BCUT2D eigenvalue weighted by molar-refractivity contribution is -0.116. The van der Waals surface area contributed by atoms with E-state index in [1.807, 2.05) is 23.6 Å². The number of hydrogen-bond donors (Lipinski definition) is 2. The number of amides is 2. The number of nitrogens with one attached hydrogen (secondary N) is 2. The van der Waals surface area contributed by atoms with Gasteiger partial charge in [0.1, 0.15) is 5.00 Å². The van der Waals surface area contributed by atoms with Crippen molar-refractivity contribution in [3.05, 3.63) is 46.3 Å². The van der Waals surface area contributed by atoms with E-state index in [4.69, 9.17) is 0 Å². The van der Waals surface area contributed by atoms with Crippen LogP contribution in [0.4, 0.5) is 5.00 Å². The van der Waals surface area contributed by atoms with Gasteiger partial charge in [-0.2, -0.15) is 0 Å². The summed E-state index contributed by atoms with van der Waals surface area (Å²) in [5, 5.41) is 9.45. The predicted octanol–water partition coefficient (Wildman–Crippen LogP) is 4.60. The highest BCUT2D eigenvalue weighted by molar-refractivity contribution is 7.18. The smallest absolute Gasteiger partial charge is 0.254 e. The van der Waals surface area contributed by atoms with E-state index in [1.165, 1.54) is 16.0 Å². The quantitative estimate of drug-likeness (QED) is 0.544. The SMILES string of the molecule is O=C(CCCCc1nc2ccccc2s1)Nc1sccc1C(=O)NC1CC1. The van der Waals surface area contributed by atoms with Crippen molar-refractivity contribution < 1.29 is 9.59 Å². The zero-order valence-corrected chi connectivity index (χ0v) is 16.5. The van der Waals surface area contributed by atoms with Gasteiger partial charge < -0.3 is 10.6 Å². The molecule has 1 fully saturated rings. The normalized spacial score (nSPS) is 13.6. The Morgan fingerprint density at radius 3 is 2.81 bits per heavy atom. The molecule has 3 aromatic rings. The lowest BCUT2D eigenvalue weighted by atomic mass is 10.2. The van der Waals surface area contributed by atoms with Gasteiger partial charge in [0.2, 0.25) is 5.91 Å². The van der Waals surface area contributed by atoms with Crippen LogP contribution in [0.25, 0.3) is 10.2 Å². The standard InChI is InChI=1S/C20H21N3O2S2/c24-17(23-20-14(11-12-26-20)19(25)21-13-9-10-13)7-3-4-8-18-22-15-5-1-2-6-16(15)27-18/h1-2,5-6,11-13H,3-4,7-10H2,(H,21,25)(H,23,24). The van der Waals surface area contributed by atoms with Gasteiger partial charge in [0.25, 0.3) is 5.91 Å². The largest absolute Gasteiger partial charge is 0.349 e. The first-order valence-corrected chi connectivity index (χ1v) is 10.9. The van der Waals surface area contributed by atoms with E-state index >= 15 is 0 Å². The fraction of sp³-hybridized carbons (Fsp3) is 0.350. The van der Waals surface area contributed by atoms with Crippen LogP contribution in [0.1, 0.15) is 47.5 Å². The van der Waals surface area contributed by atoms with Gasteiger partial charge in [-0.25, -0.2) is 4.98 Å². The summed E-state index contributed by atoms with van der Waals surface area (Å²) in [4.78, 5) is 29.0. The summed E-state index contributed by atoms with van der Waals surface area (Å²) < 4.78 is 1.21. The molecule has 7 heteroatoms. The fourth-order valence-corrected chi connectivity index (χ4v) is 4.66. The Kier molecular flexibility index (Phi) is 5.50. The molecule has 0 atom stereocenters. The summed E-state index contributed by atoms with van der Waals surface area (Å²) in [6.45, 7) is 0. The van der Waals surface area contributed by atoms with E-state index in [0.29, 0.717) is 23.0 Å². The van der Waals surface area contributed by atoms with Crippen LogP contribution in [0.15, 0.2) is 35.7 Å². The number of fused-ring (bicyclic) bond motifs is 1. The van der Waals surface area contributed by atoms with Crippen molar-refractivity contribution in [3.8, 4) is 0 Å². The van der Waals surface area contributed by atoms with Gasteiger partial charge in [0, 0.05) is 12.5 Å². The first kappa shape index (κ1) is 18.1. The van der Waals surface area contributed by atoms with Gasteiger partial charge >= 0.3 is 0 Å². The molecule has 27 heavy (non-hydrogen) atoms. The third kappa shape index (κ3) is 4.73. The number of thiophene rings is 1. The number of unbranched alkanes of at least 4 members (excludes halogenated alkanes) is 1. The summed E-state index contributed by atoms with van der Waals surface area (Å²) in [6.07, 6.45) is 5.16. The number of carbonyl (C=O) groups excluding carboxylic acids is 2. The number of carbonyl (C=O) groups is 2. The molecular weight excluding hydrogens is 378 g/mol. The molecule has 1 aliphatic rings. The van der Waals surface area contributed by atoms with Crippen LogP contribution in [0, 0.1) is 0 Å². The van der Waals surface area contributed by atoms with Crippen LogP contribution >= 0.6 is 22.7 Å². The first-order valence-electron chi connectivity index (χ1n) is 9.22. The molecule has 0 unspecified atom stereocenters. The molecule has 140 valence electrons. The summed E-state index contributed by atoms with van der Waals surface area (Å²) in [7, 11) is 0. The second-order valence-corrected chi connectivity index (χ2v) is 8.77. The van der Waals surface area contributed by atoms with Crippen molar-refractivity contribution >= 4 is 49.7 Å². The summed E-state index contributed by atoms with van der Waals surface area (Å²) in [5.41, 5.74) is 1.61. The Hall–Kier alpha value is -2.25. The van der Waals surface area contributed by atoms with Crippen molar-refractivity contribution in [2.24, 2.45) is 0 Å². The molecule has 1 aromatic carbocycles. The number of benzene rings is 1. The topological polar surface area (TPSA) is 71.1 Å². The number of para-hydroxylation sites is 1. The van der Waals surface area contributed by atoms with Gasteiger partial charge in [0.05, 0.1) is 20.8 Å².